The molecule has 0 spiro atoms. The molecular formula is C19H14ClN2O5-. The van der Waals surface area contributed by atoms with Gasteiger partial charge in [0.1, 0.15) is 5.75 Å². The van der Waals surface area contributed by atoms with Crippen molar-refractivity contribution in [1.29, 1.82) is 0 Å². The van der Waals surface area contributed by atoms with Crippen LogP contribution in [0.5, 0.6) is 11.5 Å². The molecule has 27 heavy (non-hydrogen) atoms. The van der Waals surface area contributed by atoms with E-state index < -0.39 is 11.7 Å². The second-order valence-corrected chi connectivity index (χ2v) is 6.15. The molecule has 0 radical (unpaired) electrons. The minimum absolute atomic E-state index is 0.0117. The molecule has 8 heteroatoms. The van der Waals surface area contributed by atoms with Crippen LogP contribution in [-0.4, -0.2) is 29.8 Å². The SMILES string of the molecule is COc1cc(/C=C2/C(=O)N(c3ccc(C(=O)O)cc3)N=C2C)cc(Cl)c1[O-]. The highest BCUT2D eigenvalue weighted by Gasteiger charge is 2.28. The number of halogens is 1. The predicted molar refractivity (Wildman–Crippen MR) is 99.4 cm³/mol. The van der Waals surface area contributed by atoms with Crippen LogP contribution in [0, 0.1) is 0 Å². The number of ether oxygens (including phenoxy) is 1. The van der Waals surface area contributed by atoms with E-state index in [2.05, 4.69) is 5.10 Å². The van der Waals surface area contributed by atoms with Crippen LogP contribution in [0.1, 0.15) is 22.8 Å². The molecule has 0 unspecified atom stereocenters. The number of rotatable bonds is 4. The third-order valence-electron chi connectivity index (χ3n) is 3.98. The Labute approximate surface area is 159 Å². The average Bonchev–Trinajstić information content (AvgIpc) is 2.92. The Morgan fingerprint density at radius 3 is 2.56 bits per heavy atom. The zero-order valence-electron chi connectivity index (χ0n) is 14.4. The molecule has 0 aliphatic carbocycles. The molecule has 1 N–H and O–H groups in total. The summed E-state index contributed by atoms with van der Waals surface area (Å²) in [6.45, 7) is 1.68. The molecule has 0 saturated carbocycles. The summed E-state index contributed by atoms with van der Waals surface area (Å²) in [5.74, 6) is -1.78. The molecule has 2 aromatic carbocycles. The third-order valence-corrected chi connectivity index (χ3v) is 4.26. The van der Waals surface area contributed by atoms with Crippen LogP contribution in [0.4, 0.5) is 5.69 Å². The minimum Gasteiger partial charge on any atom is -0.869 e. The van der Waals surface area contributed by atoms with Gasteiger partial charge in [0.05, 0.1) is 29.6 Å². The zero-order valence-corrected chi connectivity index (χ0v) is 15.1. The molecule has 138 valence electrons. The van der Waals surface area contributed by atoms with Gasteiger partial charge in [-0.15, -0.1) is 0 Å². The fraction of sp³-hybridized carbons (Fsp3) is 0.105. The highest BCUT2D eigenvalue weighted by molar-refractivity contribution is 6.33. The molecule has 0 fully saturated rings. The summed E-state index contributed by atoms with van der Waals surface area (Å²) in [6.07, 6.45) is 1.57. The Morgan fingerprint density at radius 1 is 1.30 bits per heavy atom. The summed E-state index contributed by atoms with van der Waals surface area (Å²) in [7, 11) is 1.36. The Kier molecular flexibility index (Phi) is 4.87. The van der Waals surface area contributed by atoms with Crippen molar-refractivity contribution in [2.45, 2.75) is 6.92 Å². The lowest BCUT2D eigenvalue weighted by atomic mass is 10.1. The van der Waals surface area contributed by atoms with Crippen LogP contribution in [0.15, 0.2) is 47.1 Å². The fourth-order valence-corrected chi connectivity index (χ4v) is 2.81. The minimum atomic E-state index is -1.05. The van der Waals surface area contributed by atoms with Crippen molar-refractivity contribution in [2.24, 2.45) is 5.10 Å². The van der Waals surface area contributed by atoms with Crippen LogP contribution in [0.2, 0.25) is 5.02 Å². The van der Waals surface area contributed by atoms with Gasteiger partial charge in [0.25, 0.3) is 5.91 Å². The van der Waals surface area contributed by atoms with Crippen LogP contribution >= 0.6 is 11.6 Å². The van der Waals surface area contributed by atoms with Crippen molar-refractivity contribution < 1.29 is 24.5 Å². The van der Waals surface area contributed by atoms with E-state index in [4.69, 9.17) is 21.4 Å². The molecule has 0 bridgehead atoms. The van der Waals surface area contributed by atoms with Crippen molar-refractivity contribution in [3.05, 3.63) is 58.1 Å². The number of hydrogen-bond donors (Lipinski definition) is 1. The van der Waals surface area contributed by atoms with Gasteiger partial charge in [0.2, 0.25) is 0 Å². The summed E-state index contributed by atoms with van der Waals surface area (Å²) < 4.78 is 5.01. The number of methoxy groups -OCH3 is 1. The van der Waals surface area contributed by atoms with E-state index in [9.17, 15) is 14.7 Å². The Bertz CT molecular complexity index is 996. The van der Waals surface area contributed by atoms with Crippen LogP contribution in [0.3, 0.4) is 0 Å². The molecule has 1 amide bonds. The fourth-order valence-electron chi connectivity index (χ4n) is 2.59. The lowest BCUT2D eigenvalue weighted by Gasteiger charge is -2.15. The maximum Gasteiger partial charge on any atom is 0.335 e. The van der Waals surface area contributed by atoms with Gasteiger partial charge in [-0.25, -0.2) is 4.79 Å². The first kappa shape index (κ1) is 18.5. The van der Waals surface area contributed by atoms with Crippen LogP contribution in [0.25, 0.3) is 6.08 Å². The molecule has 2 aromatic rings. The lowest BCUT2D eigenvalue weighted by Crippen LogP contribution is -2.21. The number of aromatic carboxylic acids is 1. The summed E-state index contributed by atoms with van der Waals surface area (Å²) in [6, 6.07) is 8.75. The number of hydrazone groups is 1. The number of carboxylic acids is 1. The topological polar surface area (TPSA) is 102 Å². The maximum atomic E-state index is 12.7. The number of carbonyl (C=O) groups excluding carboxylic acids is 1. The second kappa shape index (κ2) is 7.13. The number of carboxylic acid groups (broad SMARTS) is 1. The van der Waals surface area contributed by atoms with Gasteiger partial charge in [0, 0.05) is 5.02 Å². The first-order valence-corrected chi connectivity index (χ1v) is 8.19. The van der Waals surface area contributed by atoms with E-state index >= 15 is 0 Å². The molecule has 0 aromatic heterocycles. The molecular weight excluding hydrogens is 372 g/mol. The number of hydrogen-bond acceptors (Lipinski definition) is 5. The number of nitrogens with zero attached hydrogens (tertiary/aromatic N) is 2. The summed E-state index contributed by atoms with van der Waals surface area (Å²) in [4.78, 5) is 23.7. The Hall–Kier alpha value is -3.32. The second-order valence-electron chi connectivity index (χ2n) is 5.75. The van der Waals surface area contributed by atoms with Crippen LogP contribution in [-0.2, 0) is 4.79 Å². The number of carbonyl (C=O) groups is 2. The summed E-state index contributed by atoms with van der Waals surface area (Å²) >= 11 is 5.93. The van der Waals surface area contributed by atoms with Crippen molar-refractivity contribution in [3.8, 4) is 11.5 Å². The smallest absolute Gasteiger partial charge is 0.335 e. The quantitative estimate of drug-likeness (QED) is 0.815. The Balaban J connectivity index is 1.94. The summed E-state index contributed by atoms with van der Waals surface area (Å²) in [5, 5.41) is 26.2. The van der Waals surface area contributed by atoms with E-state index in [1.54, 1.807) is 13.0 Å². The number of anilines is 1. The van der Waals surface area contributed by atoms with E-state index in [0.29, 0.717) is 22.5 Å². The molecule has 0 atom stereocenters. The van der Waals surface area contributed by atoms with Crippen LogP contribution < -0.4 is 14.9 Å². The maximum absolute atomic E-state index is 12.7. The zero-order chi connectivity index (χ0) is 19.7. The first-order chi connectivity index (χ1) is 12.8. The molecule has 1 heterocycles. The van der Waals surface area contributed by atoms with Gasteiger partial charge >= 0.3 is 5.97 Å². The van der Waals surface area contributed by atoms with Gasteiger partial charge in [-0.05, 0) is 60.7 Å². The molecule has 1 aliphatic rings. The Morgan fingerprint density at radius 2 is 1.96 bits per heavy atom. The standard InChI is InChI=1S/C19H15ClN2O5/c1-10-14(7-11-8-15(20)17(23)16(9-11)27-2)18(24)22(21-10)13-5-3-12(4-6-13)19(25)26/h3-9,23H,1-2H3,(H,25,26)/p-1/b14-7+. The van der Waals surface area contributed by atoms with Crippen molar-refractivity contribution in [2.75, 3.05) is 12.1 Å². The molecule has 7 nitrogen and oxygen atoms in total. The molecule has 0 saturated heterocycles. The van der Waals surface area contributed by atoms with Gasteiger partial charge in [-0.3, -0.25) is 4.79 Å². The number of benzene rings is 2. The van der Waals surface area contributed by atoms with Gasteiger partial charge in [-0.2, -0.15) is 10.1 Å². The normalized spacial score (nSPS) is 15.2. The average molecular weight is 386 g/mol. The monoisotopic (exact) mass is 385 g/mol. The van der Waals surface area contributed by atoms with E-state index in [1.165, 1.54) is 48.5 Å². The first-order valence-electron chi connectivity index (χ1n) is 7.81. The molecule has 1 aliphatic heterocycles. The van der Waals surface area contributed by atoms with E-state index in [-0.39, 0.29) is 22.2 Å². The van der Waals surface area contributed by atoms with E-state index in [0.717, 1.165) is 0 Å². The summed E-state index contributed by atoms with van der Waals surface area (Å²) in [5.41, 5.74) is 1.88. The number of amides is 1. The lowest BCUT2D eigenvalue weighted by molar-refractivity contribution is -0.269. The molecule has 3 rings (SSSR count). The van der Waals surface area contributed by atoms with Gasteiger partial charge in [-0.1, -0.05) is 11.6 Å². The largest absolute Gasteiger partial charge is 0.869 e. The van der Waals surface area contributed by atoms with Gasteiger partial charge in [0.15, 0.2) is 0 Å². The highest BCUT2D eigenvalue weighted by atomic mass is 35.5. The highest BCUT2D eigenvalue weighted by Crippen LogP contribution is 2.34. The van der Waals surface area contributed by atoms with Gasteiger partial charge < -0.3 is 14.9 Å². The van der Waals surface area contributed by atoms with Crippen molar-refractivity contribution >= 4 is 41.0 Å². The van der Waals surface area contributed by atoms with Crippen molar-refractivity contribution in [1.82, 2.24) is 0 Å². The van der Waals surface area contributed by atoms with Crippen molar-refractivity contribution in [3.63, 3.8) is 0 Å². The third kappa shape index (κ3) is 3.50. The predicted octanol–water partition coefficient (Wildman–Crippen LogP) is 2.93. The van der Waals surface area contributed by atoms with E-state index in [1.807, 2.05) is 0 Å².